The van der Waals surface area contributed by atoms with Gasteiger partial charge in [-0.15, -0.1) is 0 Å². The van der Waals surface area contributed by atoms with Crippen molar-refractivity contribution in [1.82, 2.24) is 5.32 Å². The molecule has 0 amide bonds. The van der Waals surface area contributed by atoms with E-state index in [9.17, 15) is 8.42 Å². The van der Waals surface area contributed by atoms with Crippen LogP contribution in [0.15, 0.2) is 0 Å². The van der Waals surface area contributed by atoms with Gasteiger partial charge in [0, 0.05) is 19.5 Å². The Bertz CT molecular complexity index is 254. The van der Waals surface area contributed by atoms with E-state index < -0.39 is 9.84 Å². The van der Waals surface area contributed by atoms with Gasteiger partial charge in [0.25, 0.3) is 0 Å². The van der Waals surface area contributed by atoms with Crippen molar-refractivity contribution in [2.45, 2.75) is 19.8 Å². The molecule has 0 aromatic carbocycles. The number of hydrogen-bond donors (Lipinski definition) is 1. The van der Waals surface area contributed by atoms with Gasteiger partial charge in [-0.05, 0) is 25.9 Å². The molecule has 0 heterocycles. The third-order valence-electron chi connectivity index (χ3n) is 2.32. The molecule has 0 saturated heterocycles. The first-order valence-corrected chi connectivity index (χ1v) is 7.92. The Morgan fingerprint density at radius 2 is 1.76 bits per heavy atom. The molecular formula is C11H25NO4S. The van der Waals surface area contributed by atoms with E-state index in [0.29, 0.717) is 26.2 Å². The molecule has 104 valence electrons. The van der Waals surface area contributed by atoms with Crippen LogP contribution in [0.4, 0.5) is 0 Å². The Morgan fingerprint density at radius 3 is 2.41 bits per heavy atom. The standard InChI is InChI=1S/C11H25NO4S/c1-3-17(13,14)11-5-7-12-6-4-8-16-10-9-15-2/h12H,3-11H2,1-2H3. The quantitative estimate of drug-likeness (QED) is 0.520. The average Bonchev–Trinajstić information content (AvgIpc) is 2.31. The average molecular weight is 267 g/mol. The fraction of sp³-hybridized carbons (Fsp3) is 1.00. The van der Waals surface area contributed by atoms with Crippen molar-refractivity contribution in [3.63, 3.8) is 0 Å². The second kappa shape index (κ2) is 11.0. The highest BCUT2D eigenvalue weighted by atomic mass is 32.2. The molecule has 0 saturated carbocycles. The van der Waals surface area contributed by atoms with Gasteiger partial charge in [0.2, 0.25) is 0 Å². The zero-order valence-corrected chi connectivity index (χ0v) is 11.7. The number of ether oxygens (including phenoxy) is 2. The lowest BCUT2D eigenvalue weighted by molar-refractivity contribution is 0.0695. The smallest absolute Gasteiger partial charge is 0.150 e. The molecule has 0 fully saturated rings. The fourth-order valence-corrected chi connectivity index (χ4v) is 2.10. The summed E-state index contributed by atoms with van der Waals surface area (Å²) in [4.78, 5) is 0. The molecule has 0 rings (SSSR count). The Labute approximate surface area is 105 Å². The third-order valence-corrected chi connectivity index (χ3v) is 4.11. The van der Waals surface area contributed by atoms with Crippen LogP contribution in [-0.4, -0.2) is 59.9 Å². The van der Waals surface area contributed by atoms with Crippen LogP contribution in [0.1, 0.15) is 19.8 Å². The maximum Gasteiger partial charge on any atom is 0.150 e. The van der Waals surface area contributed by atoms with Gasteiger partial charge < -0.3 is 14.8 Å². The molecule has 17 heavy (non-hydrogen) atoms. The molecule has 0 spiro atoms. The topological polar surface area (TPSA) is 64.6 Å². The molecule has 6 heteroatoms. The van der Waals surface area contributed by atoms with Crippen LogP contribution in [-0.2, 0) is 19.3 Å². The van der Waals surface area contributed by atoms with E-state index in [2.05, 4.69) is 5.32 Å². The van der Waals surface area contributed by atoms with E-state index in [1.807, 2.05) is 0 Å². The molecule has 0 aliphatic carbocycles. The number of sulfone groups is 1. The van der Waals surface area contributed by atoms with Crippen molar-refractivity contribution in [2.24, 2.45) is 0 Å². The van der Waals surface area contributed by atoms with Gasteiger partial charge in [-0.3, -0.25) is 0 Å². The molecular weight excluding hydrogens is 242 g/mol. The minimum Gasteiger partial charge on any atom is -0.382 e. The van der Waals surface area contributed by atoms with Gasteiger partial charge in [-0.1, -0.05) is 6.92 Å². The van der Waals surface area contributed by atoms with Crippen LogP contribution in [0.3, 0.4) is 0 Å². The van der Waals surface area contributed by atoms with Gasteiger partial charge in [0.15, 0.2) is 0 Å². The predicted octanol–water partition coefficient (Wildman–Crippen LogP) is 0.454. The van der Waals surface area contributed by atoms with Gasteiger partial charge >= 0.3 is 0 Å². The summed E-state index contributed by atoms with van der Waals surface area (Å²) in [5.74, 6) is 0.515. The van der Waals surface area contributed by atoms with E-state index in [0.717, 1.165) is 19.5 Å². The molecule has 5 nitrogen and oxygen atoms in total. The minimum atomic E-state index is -2.81. The summed E-state index contributed by atoms with van der Waals surface area (Å²) in [5.41, 5.74) is 0. The van der Waals surface area contributed by atoms with E-state index in [1.165, 1.54) is 0 Å². The van der Waals surface area contributed by atoms with Crippen LogP contribution in [0.25, 0.3) is 0 Å². The Balaban J connectivity index is 3.14. The Kier molecular flexibility index (Phi) is 10.8. The highest BCUT2D eigenvalue weighted by Crippen LogP contribution is 1.92. The second-order valence-corrected chi connectivity index (χ2v) is 6.27. The lowest BCUT2D eigenvalue weighted by Gasteiger charge is -2.05. The summed E-state index contributed by atoms with van der Waals surface area (Å²) < 4.78 is 32.5. The van der Waals surface area contributed by atoms with Crippen molar-refractivity contribution >= 4 is 9.84 Å². The summed E-state index contributed by atoms with van der Waals surface area (Å²) in [6.07, 6.45) is 1.62. The number of hydrogen-bond acceptors (Lipinski definition) is 5. The molecule has 0 unspecified atom stereocenters. The highest BCUT2D eigenvalue weighted by Gasteiger charge is 2.05. The maximum atomic E-state index is 11.2. The van der Waals surface area contributed by atoms with E-state index >= 15 is 0 Å². The molecule has 0 aliphatic heterocycles. The van der Waals surface area contributed by atoms with Gasteiger partial charge in [0.1, 0.15) is 9.84 Å². The van der Waals surface area contributed by atoms with Crippen molar-refractivity contribution in [3.05, 3.63) is 0 Å². The third kappa shape index (κ3) is 12.1. The van der Waals surface area contributed by atoms with Crippen molar-refractivity contribution in [2.75, 3.05) is 51.5 Å². The highest BCUT2D eigenvalue weighted by molar-refractivity contribution is 7.91. The Morgan fingerprint density at radius 1 is 1.06 bits per heavy atom. The lowest BCUT2D eigenvalue weighted by Crippen LogP contribution is -2.21. The van der Waals surface area contributed by atoms with Crippen molar-refractivity contribution in [1.29, 1.82) is 0 Å². The molecule has 0 aromatic heterocycles. The van der Waals surface area contributed by atoms with Crippen LogP contribution in [0, 0.1) is 0 Å². The van der Waals surface area contributed by atoms with E-state index in [4.69, 9.17) is 9.47 Å². The fourth-order valence-electron chi connectivity index (χ4n) is 1.23. The zero-order valence-electron chi connectivity index (χ0n) is 10.9. The Hall–Kier alpha value is -0.170. The van der Waals surface area contributed by atoms with Crippen LogP contribution < -0.4 is 5.32 Å². The van der Waals surface area contributed by atoms with Crippen LogP contribution in [0.2, 0.25) is 0 Å². The monoisotopic (exact) mass is 267 g/mol. The number of rotatable bonds is 12. The summed E-state index contributed by atoms with van der Waals surface area (Å²) in [7, 11) is -1.16. The predicted molar refractivity (Wildman–Crippen MR) is 69.1 cm³/mol. The largest absolute Gasteiger partial charge is 0.382 e. The maximum absolute atomic E-state index is 11.2. The molecule has 0 bridgehead atoms. The van der Waals surface area contributed by atoms with Crippen LogP contribution >= 0.6 is 0 Å². The van der Waals surface area contributed by atoms with Crippen LogP contribution in [0.5, 0.6) is 0 Å². The SMILES string of the molecule is CCS(=O)(=O)CCCNCCCOCCOC. The molecule has 1 N–H and O–H groups in total. The van der Waals surface area contributed by atoms with E-state index in [-0.39, 0.29) is 11.5 Å². The molecule has 0 radical (unpaired) electrons. The molecule has 0 aromatic rings. The zero-order chi connectivity index (χ0) is 13.0. The first-order valence-electron chi connectivity index (χ1n) is 6.10. The second-order valence-electron chi connectivity index (χ2n) is 3.80. The molecule has 0 aliphatic rings. The minimum absolute atomic E-state index is 0.236. The number of nitrogens with one attached hydrogen (secondary N) is 1. The van der Waals surface area contributed by atoms with Crippen molar-refractivity contribution in [3.8, 4) is 0 Å². The first-order chi connectivity index (χ1) is 8.12. The first kappa shape index (κ1) is 16.8. The van der Waals surface area contributed by atoms with Gasteiger partial charge in [0.05, 0.1) is 19.0 Å². The van der Waals surface area contributed by atoms with Gasteiger partial charge in [-0.2, -0.15) is 0 Å². The van der Waals surface area contributed by atoms with E-state index in [1.54, 1.807) is 14.0 Å². The summed E-state index contributed by atoms with van der Waals surface area (Å²) in [6.45, 7) is 5.26. The van der Waals surface area contributed by atoms with Crippen molar-refractivity contribution < 1.29 is 17.9 Å². The summed E-state index contributed by atoms with van der Waals surface area (Å²) in [5, 5.41) is 3.20. The summed E-state index contributed by atoms with van der Waals surface area (Å²) >= 11 is 0. The van der Waals surface area contributed by atoms with Gasteiger partial charge in [-0.25, -0.2) is 8.42 Å². The normalized spacial score (nSPS) is 11.9. The number of methoxy groups -OCH3 is 1. The lowest BCUT2D eigenvalue weighted by atomic mass is 10.4. The summed E-state index contributed by atoms with van der Waals surface area (Å²) in [6, 6.07) is 0. The molecule has 0 atom stereocenters.